The van der Waals surface area contributed by atoms with Crippen molar-refractivity contribution in [3.8, 4) is 0 Å². The molecule has 1 unspecified atom stereocenters. The second-order valence-corrected chi connectivity index (χ2v) is 6.64. The number of carbonyl (C=O) groups excluding carboxylic acids is 1. The van der Waals surface area contributed by atoms with Gasteiger partial charge in [0.2, 0.25) is 5.91 Å². The molecule has 1 fully saturated rings. The number of rotatable bonds is 3. The van der Waals surface area contributed by atoms with Crippen molar-refractivity contribution in [3.05, 3.63) is 29.3 Å². The van der Waals surface area contributed by atoms with E-state index in [9.17, 15) is 4.79 Å². The number of likely N-dealkylation sites (tertiary alicyclic amines) is 1. The van der Waals surface area contributed by atoms with Crippen LogP contribution >= 0.6 is 23.4 Å². The molecule has 1 atom stereocenters. The molecule has 3 nitrogen and oxygen atoms in total. The first-order valence-electron chi connectivity index (χ1n) is 6.53. The molecule has 19 heavy (non-hydrogen) atoms. The van der Waals surface area contributed by atoms with E-state index in [2.05, 4.69) is 0 Å². The lowest BCUT2D eigenvalue weighted by atomic mass is 10.1. The van der Waals surface area contributed by atoms with Crippen LogP contribution in [-0.2, 0) is 4.79 Å². The second kappa shape index (κ2) is 6.64. The number of amides is 1. The summed E-state index contributed by atoms with van der Waals surface area (Å²) in [6.07, 6.45) is 1.80. The lowest BCUT2D eigenvalue weighted by molar-refractivity contribution is -0.131. The first-order valence-corrected chi connectivity index (χ1v) is 7.79. The fourth-order valence-corrected chi connectivity index (χ4v) is 3.40. The molecular weight excluding hydrogens is 280 g/mol. The van der Waals surface area contributed by atoms with E-state index < -0.39 is 0 Å². The van der Waals surface area contributed by atoms with Gasteiger partial charge in [-0.05, 0) is 31.9 Å². The molecule has 0 bridgehead atoms. The van der Waals surface area contributed by atoms with Crippen molar-refractivity contribution in [1.29, 1.82) is 0 Å². The van der Waals surface area contributed by atoms with Gasteiger partial charge in [-0.1, -0.05) is 23.7 Å². The molecule has 1 saturated heterocycles. The summed E-state index contributed by atoms with van der Waals surface area (Å²) in [6.45, 7) is 3.48. The summed E-state index contributed by atoms with van der Waals surface area (Å²) in [5.41, 5.74) is 5.86. The van der Waals surface area contributed by atoms with Gasteiger partial charge in [-0.2, -0.15) is 0 Å². The van der Waals surface area contributed by atoms with E-state index in [0.717, 1.165) is 30.8 Å². The minimum absolute atomic E-state index is 0.116. The molecule has 0 radical (unpaired) electrons. The summed E-state index contributed by atoms with van der Waals surface area (Å²) in [5.74, 6) is 0.178. The lowest BCUT2D eigenvalue weighted by Crippen LogP contribution is -2.45. The minimum atomic E-state index is -0.116. The van der Waals surface area contributed by atoms with Gasteiger partial charge in [0, 0.05) is 24.0 Å². The Kier molecular flexibility index (Phi) is 5.13. The van der Waals surface area contributed by atoms with Crippen LogP contribution in [0.25, 0.3) is 0 Å². The largest absolute Gasteiger partial charge is 0.342 e. The van der Waals surface area contributed by atoms with E-state index in [0.29, 0.717) is 5.02 Å². The van der Waals surface area contributed by atoms with Gasteiger partial charge in [-0.25, -0.2) is 0 Å². The number of halogens is 1. The maximum absolute atomic E-state index is 12.3. The molecule has 0 aliphatic carbocycles. The highest BCUT2D eigenvalue weighted by atomic mass is 35.5. The summed E-state index contributed by atoms with van der Waals surface area (Å²) >= 11 is 7.63. The van der Waals surface area contributed by atoms with E-state index in [1.54, 1.807) is 0 Å². The van der Waals surface area contributed by atoms with Gasteiger partial charge in [0.25, 0.3) is 0 Å². The maximum atomic E-state index is 12.3. The molecule has 104 valence electrons. The van der Waals surface area contributed by atoms with Crippen LogP contribution in [0.1, 0.15) is 19.8 Å². The quantitative estimate of drug-likeness (QED) is 0.873. The molecule has 1 aromatic rings. The van der Waals surface area contributed by atoms with Gasteiger partial charge in [0.05, 0.1) is 10.3 Å². The fourth-order valence-electron chi connectivity index (χ4n) is 2.16. The monoisotopic (exact) mass is 298 g/mol. The van der Waals surface area contributed by atoms with Crippen LogP contribution < -0.4 is 5.73 Å². The van der Waals surface area contributed by atoms with Crippen LogP contribution in [0, 0.1) is 0 Å². The van der Waals surface area contributed by atoms with Crippen LogP contribution in [0.2, 0.25) is 5.02 Å². The van der Waals surface area contributed by atoms with Gasteiger partial charge in [-0.15, -0.1) is 11.8 Å². The first kappa shape index (κ1) is 14.7. The van der Waals surface area contributed by atoms with Crippen molar-refractivity contribution in [3.63, 3.8) is 0 Å². The van der Waals surface area contributed by atoms with Crippen LogP contribution in [0.3, 0.4) is 0 Å². The molecule has 2 N–H and O–H groups in total. The molecular formula is C14H19ClN2OS. The predicted octanol–water partition coefficient (Wildman–Crippen LogP) is 2.77. The Morgan fingerprint density at radius 2 is 2.05 bits per heavy atom. The summed E-state index contributed by atoms with van der Waals surface area (Å²) in [4.78, 5) is 15.2. The average Bonchev–Trinajstić information content (AvgIpc) is 2.41. The van der Waals surface area contributed by atoms with Crippen molar-refractivity contribution in [2.75, 3.05) is 13.1 Å². The van der Waals surface area contributed by atoms with Crippen molar-refractivity contribution < 1.29 is 4.79 Å². The normalized spacial score (nSPS) is 18.4. The maximum Gasteiger partial charge on any atom is 0.235 e. The Morgan fingerprint density at radius 1 is 1.42 bits per heavy atom. The zero-order valence-corrected chi connectivity index (χ0v) is 12.6. The van der Waals surface area contributed by atoms with E-state index >= 15 is 0 Å². The van der Waals surface area contributed by atoms with Gasteiger partial charge < -0.3 is 10.6 Å². The van der Waals surface area contributed by atoms with Crippen molar-refractivity contribution >= 4 is 29.3 Å². The Morgan fingerprint density at radius 3 is 2.68 bits per heavy atom. The smallest absolute Gasteiger partial charge is 0.235 e. The Labute approximate surface area is 123 Å². The lowest BCUT2D eigenvalue weighted by Gasteiger charge is -2.32. The average molecular weight is 299 g/mol. The number of benzene rings is 1. The van der Waals surface area contributed by atoms with E-state index in [-0.39, 0.29) is 17.2 Å². The number of thioether (sulfide) groups is 1. The molecule has 0 saturated carbocycles. The molecule has 1 amide bonds. The third-order valence-electron chi connectivity index (χ3n) is 3.34. The number of carbonyl (C=O) groups is 1. The van der Waals surface area contributed by atoms with Crippen molar-refractivity contribution in [1.82, 2.24) is 4.90 Å². The fraction of sp³-hybridized carbons (Fsp3) is 0.500. The van der Waals surface area contributed by atoms with Gasteiger partial charge >= 0.3 is 0 Å². The van der Waals surface area contributed by atoms with Gasteiger partial charge in [0.15, 0.2) is 0 Å². The van der Waals surface area contributed by atoms with Crippen LogP contribution in [0.4, 0.5) is 0 Å². The minimum Gasteiger partial charge on any atom is -0.342 e. The molecule has 1 aliphatic rings. The highest BCUT2D eigenvalue weighted by molar-refractivity contribution is 8.00. The highest BCUT2D eigenvalue weighted by Crippen LogP contribution is 2.31. The molecule has 0 aromatic heterocycles. The van der Waals surface area contributed by atoms with E-state index in [1.807, 2.05) is 36.1 Å². The van der Waals surface area contributed by atoms with Gasteiger partial charge in [0.1, 0.15) is 0 Å². The second-order valence-electron chi connectivity index (χ2n) is 4.85. The zero-order chi connectivity index (χ0) is 13.8. The summed E-state index contributed by atoms with van der Waals surface area (Å²) < 4.78 is 0. The SMILES string of the molecule is CC(Sc1ccccc1Cl)C(=O)N1CCC(N)CC1. The third-order valence-corrected chi connectivity index (χ3v) is 4.95. The number of nitrogens with zero attached hydrogens (tertiary/aromatic N) is 1. The number of hydrogen-bond acceptors (Lipinski definition) is 3. The van der Waals surface area contributed by atoms with Crippen LogP contribution in [-0.4, -0.2) is 35.2 Å². The summed E-state index contributed by atoms with van der Waals surface area (Å²) in [7, 11) is 0. The predicted molar refractivity (Wildman–Crippen MR) is 80.6 cm³/mol. The molecule has 0 spiro atoms. The molecule has 1 aromatic carbocycles. The number of nitrogens with two attached hydrogens (primary N) is 1. The molecule has 2 rings (SSSR count). The Balaban J connectivity index is 1.94. The topological polar surface area (TPSA) is 46.3 Å². The summed E-state index contributed by atoms with van der Waals surface area (Å²) in [6, 6.07) is 7.87. The first-order chi connectivity index (χ1) is 9.08. The zero-order valence-electron chi connectivity index (χ0n) is 11.0. The standard InChI is InChI=1S/C14H19ClN2OS/c1-10(19-13-5-3-2-4-12(13)15)14(18)17-8-6-11(16)7-9-17/h2-5,10-11H,6-9,16H2,1H3. The third kappa shape index (κ3) is 3.88. The van der Waals surface area contributed by atoms with E-state index in [4.69, 9.17) is 17.3 Å². The van der Waals surface area contributed by atoms with Gasteiger partial charge in [-0.3, -0.25) is 4.79 Å². The van der Waals surface area contributed by atoms with Crippen molar-refractivity contribution in [2.24, 2.45) is 5.73 Å². The molecule has 1 heterocycles. The van der Waals surface area contributed by atoms with Crippen LogP contribution in [0.5, 0.6) is 0 Å². The number of piperidine rings is 1. The Hall–Kier alpha value is -0.710. The van der Waals surface area contributed by atoms with Crippen LogP contribution in [0.15, 0.2) is 29.2 Å². The summed E-state index contributed by atoms with van der Waals surface area (Å²) in [5, 5.41) is 0.585. The highest BCUT2D eigenvalue weighted by Gasteiger charge is 2.25. The molecule has 5 heteroatoms. The Bertz CT molecular complexity index is 447. The molecule has 1 aliphatic heterocycles. The van der Waals surface area contributed by atoms with Crippen molar-refractivity contribution in [2.45, 2.75) is 36.0 Å². The number of hydrogen-bond donors (Lipinski definition) is 1. The van der Waals surface area contributed by atoms with E-state index in [1.165, 1.54) is 11.8 Å².